The summed E-state index contributed by atoms with van der Waals surface area (Å²) in [7, 11) is 0. The highest BCUT2D eigenvalue weighted by Crippen LogP contribution is 2.27. The molecular weight excluding hydrogens is 659 g/mol. The van der Waals surface area contributed by atoms with Crippen LogP contribution in [-0.4, -0.2) is 133 Å². The van der Waals surface area contributed by atoms with Crippen LogP contribution in [0.2, 0.25) is 0 Å². The van der Waals surface area contributed by atoms with E-state index in [0.717, 1.165) is 5.56 Å². The Morgan fingerprint density at radius 1 is 0.633 bits per heavy atom. The zero-order valence-electron chi connectivity index (χ0n) is 27.3. The Bertz CT molecular complexity index is 1220. The summed E-state index contributed by atoms with van der Waals surface area (Å²) in [5.74, 6) is -0.514. The molecule has 0 aliphatic heterocycles. The lowest BCUT2D eigenvalue weighted by Gasteiger charge is -2.10. The highest BCUT2D eigenvalue weighted by atomic mass is 19.4. The van der Waals surface area contributed by atoms with Gasteiger partial charge in [0.2, 0.25) is 5.91 Å². The monoisotopic (exact) mass is 705 g/mol. The molecular formula is C33H46F3NO12. The number of carbonyl (C=O) groups is 1. The molecule has 4 N–H and O–H groups in total. The zero-order chi connectivity index (χ0) is 35.6. The number of amides is 1. The number of halogens is 3. The highest BCUT2D eigenvalue weighted by Gasteiger charge is 2.27. The van der Waals surface area contributed by atoms with Crippen LogP contribution in [0.25, 0.3) is 6.08 Å². The molecule has 0 bridgehead atoms. The van der Waals surface area contributed by atoms with Crippen molar-refractivity contribution in [1.82, 2.24) is 5.32 Å². The van der Waals surface area contributed by atoms with Crippen molar-refractivity contribution in [1.29, 1.82) is 0 Å². The van der Waals surface area contributed by atoms with Crippen LogP contribution in [0.4, 0.5) is 13.2 Å². The normalized spacial score (nSPS) is 11.7. The number of rotatable bonds is 28. The number of phenolic OH excluding ortho intramolecular Hbond substituents is 3. The van der Waals surface area contributed by atoms with Crippen LogP contribution in [-0.2, 0) is 44.4 Å². The third-order valence-corrected chi connectivity index (χ3v) is 6.15. The van der Waals surface area contributed by atoms with Crippen molar-refractivity contribution in [2.45, 2.75) is 12.6 Å². The fourth-order valence-corrected chi connectivity index (χ4v) is 3.75. The van der Waals surface area contributed by atoms with Gasteiger partial charge in [-0.2, -0.15) is 13.2 Å². The van der Waals surface area contributed by atoms with Crippen molar-refractivity contribution in [3.05, 3.63) is 53.6 Å². The maximum absolute atomic E-state index is 12.1. The predicted molar refractivity (Wildman–Crippen MR) is 171 cm³/mol. The fraction of sp³-hybridized carbons (Fsp3) is 0.545. The second-order valence-corrected chi connectivity index (χ2v) is 10.1. The number of hydrogen-bond donors (Lipinski definition) is 4. The molecule has 0 radical (unpaired) electrons. The summed E-state index contributed by atoms with van der Waals surface area (Å²) in [5.41, 5.74) is 1.42. The molecule has 13 nitrogen and oxygen atoms in total. The molecule has 2 rings (SSSR count). The minimum absolute atomic E-state index is 0.0429. The minimum atomic E-state index is -4.33. The van der Waals surface area contributed by atoms with Gasteiger partial charge in [0.05, 0.1) is 85.9 Å². The third-order valence-electron chi connectivity index (χ3n) is 6.15. The van der Waals surface area contributed by atoms with Gasteiger partial charge >= 0.3 is 6.18 Å². The summed E-state index contributed by atoms with van der Waals surface area (Å²) < 4.78 is 77.8. The van der Waals surface area contributed by atoms with Gasteiger partial charge in [-0.1, -0.05) is 12.1 Å². The van der Waals surface area contributed by atoms with Crippen LogP contribution in [0, 0.1) is 0 Å². The van der Waals surface area contributed by atoms with Crippen molar-refractivity contribution >= 4 is 12.0 Å². The Morgan fingerprint density at radius 2 is 1.12 bits per heavy atom. The Hall–Kier alpha value is -3.64. The summed E-state index contributed by atoms with van der Waals surface area (Å²) in [4.78, 5) is 12.1. The predicted octanol–water partition coefficient (Wildman–Crippen LogP) is 3.23. The molecule has 0 fully saturated rings. The van der Waals surface area contributed by atoms with E-state index in [4.69, 9.17) is 33.2 Å². The van der Waals surface area contributed by atoms with Crippen molar-refractivity contribution in [3.63, 3.8) is 0 Å². The molecule has 0 heterocycles. The molecule has 0 aromatic heterocycles. The van der Waals surface area contributed by atoms with Crippen LogP contribution in [0.15, 0.2) is 42.5 Å². The van der Waals surface area contributed by atoms with Crippen molar-refractivity contribution in [3.8, 4) is 23.0 Å². The number of ether oxygens (including phenoxy) is 8. The van der Waals surface area contributed by atoms with Gasteiger partial charge in [0.25, 0.3) is 0 Å². The number of phenols is 3. The van der Waals surface area contributed by atoms with E-state index >= 15 is 0 Å². The summed E-state index contributed by atoms with van der Waals surface area (Å²) in [6, 6.07) is 9.21. The first kappa shape index (κ1) is 41.5. The number of hydrogen-bond acceptors (Lipinski definition) is 12. The molecule has 16 heteroatoms. The standard InChI is InChI=1S/C33H46F3NO12/c34-33(35,36)25-48-20-19-46-16-15-44-12-11-42-9-10-43-13-14-45-17-18-47-21-22-49-31-24-26(2-5-29(31)39)3-6-32(41)37-8-7-27-1-4-28(38)30(40)23-27/h1-6,23-24,38-40H,7-22,25H2,(H,37,41)/b6-3+. The van der Waals surface area contributed by atoms with Gasteiger partial charge < -0.3 is 58.5 Å². The van der Waals surface area contributed by atoms with E-state index in [1.165, 1.54) is 24.3 Å². The average molecular weight is 706 g/mol. The second kappa shape index (κ2) is 25.3. The maximum atomic E-state index is 12.1. The van der Waals surface area contributed by atoms with Crippen molar-refractivity contribution in [2.75, 3.05) is 106 Å². The summed E-state index contributed by atoms with van der Waals surface area (Å²) in [5, 5.41) is 31.7. The largest absolute Gasteiger partial charge is 0.504 e. The van der Waals surface area contributed by atoms with Crippen LogP contribution in [0.1, 0.15) is 11.1 Å². The number of nitrogens with one attached hydrogen (secondary N) is 1. The van der Waals surface area contributed by atoms with Gasteiger partial charge in [-0.25, -0.2) is 0 Å². The molecule has 2 aromatic rings. The van der Waals surface area contributed by atoms with E-state index in [1.54, 1.807) is 24.3 Å². The van der Waals surface area contributed by atoms with Crippen LogP contribution >= 0.6 is 0 Å². The van der Waals surface area contributed by atoms with E-state index in [2.05, 4.69) is 10.1 Å². The number of alkyl halides is 3. The molecule has 0 atom stereocenters. The van der Waals surface area contributed by atoms with Crippen LogP contribution in [0.5, 0.6) is 23.0 Å². The number of aromatic hydroxyl groups is 3. The van der Waals surface area contributed by atoms with E-state index in [0.29, 0.717) is 78.0 Å². The first-order valence-electron chi connectivity index (χ1n) is 15.7. The third kappa shape index (κ3) is 21.8. The Labute approximate surface area is 283 Å². The molecule has 49 heavy (non-hydrogen) atoms. The van der Waals surface area contributed by atoms with Gasteiger partial charge in [-0.15, -0.1) is 0 Å². The molecule has 0 saturated heterocycles. The van der Waals surface area contributed by atoms with Crippen molar-refractivity contribution in [2.24, 2.45) is 0 Å². The van der Waals surface area contributed by atoms with Crippen LogP contribution in [0.3, 0.4) is 0 Å². The Morgan fingerprint density at radius 3 is 1.63 bits per heavy atom. The second-order valence-electron chi connectivity index (χ2n) is 10.1. The maximum Gasteiger partial charge on any atom is 0.411 e. The molecule has 1 amide bonds. The molecule has 0 aliphatic carbocycles. The summed E-state index contributed by atoms with van der Waals surface area (Å²) >= 11 is 0. The molecule has 2 aromatic carbocycles. The minimum Gasteiger partial charge on any atom is -0.504 e. The fourth-order valence-electron chi connectivity index (χ4n) is 3.75. The van der Waals surface area contributed by atoms with Gasteiger partial charge in [-0.3, -0.25) is 4.79 Å². The zero-order valence-corrected chi connectivity index (χ0v) is 27.3. The number of carbonyl (C=O) groups excluding carboxylic acids is 1. The van der Waals surface area contributed by atoms with Crippen molar-refractivity contribution < 1.29 is 71.2 Å². The SMILES string of the molecule is O=C(/C=C/c1ccc(O)c(OCCOCCOCCOCCOCCOCCOCCOCC(F)(F)F)c1)NCCc1ccc(O)c(O)c1. The lowest BCUT2D eigenvalue weighted by Crippen LogP contribution is -2.23. The van der Waals surface area contributed by atoms with Gasteiger partial charge in [0, 0.05) is 12.6 Å². The summed E-state index contributed by atoms with van der Waals surface area (Å²) in [6.45, 7) is 3.01. The lowest BCUT2D eigenvalue weighted by atomic mass is 10.1. The average Bonchev–Trinajstić information content (AvgIpc) is 3.06. The molecule has 0 saturated carbocycles. The first-order valence-corrected chi connectivity index (χ1v) is 15.7. The quantitative estimate of drug-likeness (QED) is 0.0582. The van der Waals surface area contributed by atoms with Crippen LogP contribution < -0.4 is 10.1 Å². The van der Waals surface area contributed by atoms with Gasteiger partial charge in [-0.05, 0) is 47.9 Å². The van der Waals surface area contributed by atoms with E-state index < -0.39 is 12.8 Å². The van der Waals surface area contributed by atoms with E-state index in [-0.39, 0.29) is 61.9 Å². The van der Waals surface area contributed by atoms with Gasteiger partial charge in [0.15, 0.2) is 23.0 Å². The number of benzene rings is 2. The molecule has 276 valence electrons. The summed E-state index contributed by atoms with van der Waals surface area (Å²) in [6.07, 6.45) is -0.901. The highest BCUT2D eigenvalue weighted by molar-refractivity contribution is 5.91. The first-order chi connectivity index (χ1) is 23.6. The Balaban J connectivity index is 1.38. The molecule has 0 spiro atoms. The Kier molecular flexibility index (Phi) is 21.5. The lowest BCUT2D eigenvalue weighted by molar-refractivity contribution is -0.176. The van der Waals surface area contributed by atoms with Gasteiger partial charge in [0.1, 0.15) is 13.2 Å². The molecule has 0 unspecified atom stereocenters. The topological polar surface area (TPSA) is 164 Å². The van der Waals surface area contributed by atoms with E-state index in [1.807, 2.05) is 0 Å². The molecule has 0 aliphatic rings. The van der Waals surface area contributed by atoms with E-state index in [9.17, 15) is 33.3 Å². The smallest absolute Gasteiger partial charge is 0.411 e.